The van der Waals surface area contributed by atoms with Crippen molar-refractivity contribution in [3.63, 3.8) is 0 Å². The van der Waals surface area contributed by atoms with Crippen LogP contribution < -0.4 is 10.1 Å². The summed E-state index contributed by atoms with van der Waals surface area (Å²) in [4.78, 5) is 0. The Labute approximate surface area is 112 Å². The highest BCUT2D eigenvalue weighted by atomic mass is 19.1. The largest absolute Gasteiger partial charge is 0.494 e. The van der Waals surface area contributed by atoms with Crippen molar-refractivity contribution >= 4 is 0 Å². The van der Waals surface area contributed by atoms with Gasteiger partial charge in [-0.05, 0) is 44.2 Å². The fourth-order valence-corrected chi connectivity index (χ4v) is 2.08. The Morgan fingerprint density at radius 2 is 2.11 bits per heavy atom. The average molecular weight is 263 g/mol. The van der Waals surface area contributed by atoms with E-state index in [1.54, 1.807) is 18.2 Å². The number of hydrogen-bond donors (Lipinski definition) is 1. The summed E-state index contributed by atoms with van der Waals surface area (Å²) >= 11 is 0. The molecule has 2 aromatic rings. The van der Waals surface area contributed by atoms with Crippen molar-refractivity contribution < 1.29 is 13.5 Å². The second-order valence-corrected chi connectivity index (χ2v) is 4.43. The molecule has 0 saturated carbocycles. The van der Waals surface area contributed by atoms with E-state index in [1.165, 1.54) is 7.11 Å². The average Bonchev–Trinajstić information content (AvgIpc) is 2.84. The molecule has 1 heterocycles. The van der Waals surface area contributed by atoms with Gasteiger partial charge in [-0.15, -0.1) is 0 Å². The molecule has 2 rings (SSSR count). The van der Waals surface area contributed by atoms with Gasteiger partial charge < -0.3 is 14.5 Å². The first-order valence-electron chi connectivity index (χ1n) is 6.20. The topological polar surface area (TPSA) is 34.4 Å². The van der Waals surface area contributed by atoms with Crippen LogP contribution in [0.2, 0.25) is 0 Å². The van der Waals surface area contributed by atoms with Crippen molar-refractivity contribution in [2.75, 3.05) is 14.2 Å². The van der Waals surface area contributed by atoms with Gasteiger partial charge in [-0.2, -0.15) is 0 Å². The molecular weight excluding hydrogens is 245 g/mol. The van der Waals surface area contributed by atoms with E-state index in [9.17, 15) is 4.39 Å². The third-order valence-electron chi connectivity index (χ3n) is 3.14. The first-order valence-corrected chi connectivity index (χ1v) is 6.20. The molecule has 1 aromatic heterocycles. The summed E-state index contributed by atoms with van der Waals surface area (Å²) in [5, 5.41) is 3.14. The van der Waals surface area contributed by atoms with Crippen LogP contribution in [0.3, 0.4) is 0 Å². The summed E-state index contributed by atoms with van der Waals surface area (Å²) < 4.78 is 24.7. The van der Waals surface area contributed by atoms with Gasteiger partial charge in [0.25, 0.3) is 0 Å². The number of methoxy groups -OCH3 is 1. The van der Waals surface area contributed by atoms with Gasteiger partial charge in [-0.3, -0.25) is 0 Å². The van der Waals surface area contributed by atoms with E-state index in [2.05, 4.69) is 5.32 Å². The number of halogens is 1. The zero-order chi connectivity index (χ0) is 13.8. The molecule has 0 saturated heterocycles. The minimum Gasteiger partial charge on any atom is -0.494 e. The van der Waals surface area contributed by atoms with Crippen LogP contribution >= 0.6 is 0 Å². The number of benzene rings is 1. The van der Waals surface area contributed by atoms with Gasteiger partial charge in [0.2, 0.25) is 0 Å². The molecule has 0 amide bonds. The highest BCUT2D eigenvalue weighted by molar-refractivity contribution is 5.32. The van der Waals surface area contributed by atoms with E-state index in [-0.39, 0.29) is 17.6 Å². The Morgan fingerprint density at radius 3 is 2.68 bits per heavy atom. The van der Waals surface area contributed by atoms with Crippen LogP contribution in [-0.4, -0.2) is 14.2 Å². The summed E-state index contributed by atoms with van der Waals surface area (Å²) in [5.74, 6) is 1.61. The Balaban J connectivity index is 2.23. The molecule has 19 heavy (non-hydrogen) atoms. The Morgan fingerprint density at radius 1 is 1.32 bits per heavy atom. The molecule has 1 unspecified atom stereocenters. The fraction of sp³-hybridized carbons (Fsp3) is 0.333. The van der Waals surface area contributed by atoms with Crippen molar-refractivity contribution in [1.29, 1.82) is 0 Å². The van der Waals surface area contributed by atoms with E-state index >= 15 is 0 Å². The first-order chi connectivity index (χ1) is 9.15. The maximum Gasteiger partial charge on any atom is 0.168 e. The first kappa shape index (κ1) is 13.6. The quantitative estimate of drug-likeness (QED) is 0.899. The van der Waals surface area contributed by atoms with E-state index in [0.29, 0.717) is 12.0 Å². The number of likely N-dealkylation sites (N-methyl/N-ethyl adjacent to an activating group) is 1. The van der Waals surface area contributed by atoms with Gasteiger partial charge >= 0.3 is 0 Å². The number of ether oxygens (including phenoxy) is 1. The van der Waals surface area contributed by atoms with E-state index in [4.69, 9.17) is 9.15 Å². The van der Waals surface area contributed by atoms with Crippen molar-refractivity contribution in [3.05, 3.63) is 53.2 Å². The van der Waals surface area contributed by atoms with Crippen molar-refractivity contribution in [2.24, 2.45) is 0 Å². The van der Waals surface area contributed by atoms with E-state index in [1.807, 2.05) is 26.1 Å². The summed E-state index contributed by atoms with van der Waals surface area (Å²) in [6.45, 7) is 1.89. The molecule has 0 aliphatic carbocycles. The summed E-state index contributed by atoms with van der Waals surface area (Å²) in [5.41, 5.74) is 0.604. The van der Waals surface area contributed by atoms with E-state index < -0.39 is 0 Å². The molecule has 0 spiro atoms. The van der Waals surface area contributed by atoms with Gasteiger partial charge in [-0.1, -0.05) is 12.1 Å². The van der Waals surface area contributed by atoms with Gasteiger partial charge in [0.05, 0.1) is 13.2 Å². The summed E-state index contributed by atoms with van der Waals surface area (Å²) in [6, 6.07) is 8.92. The second kappa shape index (κ2) is 5.89. The third kappa shape index (κ3) is 2.96. The van der Waals surface area contributed by atoms with Crippen LogP contribution in [0.15, 0.2) is 34.7 Å². The predicted octanol–water partition coefficient (Wildman–Crippen LogP) is 3.24. The third-order valence-corrected chi connectivity index (χ3v) is 3.14. The molecule has 0 radical (unpaired) electrons. The minimum absolute atomic E-state index is 0.0599. The van der Waals surface area contributed by atoms with Gasteiger partial charge in [-0.25, -0.2) is 4.39 Å². The van der Waals surface area contributed by atoms with Gasteiger partial charge in [0, 0.05) is 0 Å². The molecule has 102 valence electrons. The minimum atomic E-state index is -0.312. The summed E-state index contributed by atoms with van der Waals surface area (Å²) in [6.07, 6.45) is 0.506. The lowest BCUT2D eigenvalue weighted by molar-refractivity contribution is 0.378. The van der Waals surface area contributed by atoms with Crippen molar-refractivity contribution in [1.82, 2.24) is 5.32 Å². The zero-order valence-corrected chi connectivity index (χ0v) is 11.4. The van der Waals surface area contributed by atoms with Crippen LogP contribution in [0.5, 0.6) is 5.75 Å². The number of furan rings is 1. The lowest BCUT2D eigenvalue weighted by atomic mass is 10.0. The number of rotatable bonds is 5. The Kier molecular flexibility index (Phi) is 4.22. The molecule has 1 atom stereocenters. The normalized spacial score (nSPS) is 12.4. The molecule has 0 fully saturated rings. The molecule has 4 heteroatoms. The molecule has 0 aliphatic rings. The highest BCUT2D eigenvalue weighted by Gasteiger charge is 2.17. The predicted molar refractivity (Wildman–Crippen MR) is 71.9 cm³/mol. The lowest BCUT2D eigenvalue weighted by Gasteiger charge is -2.15. The molecule has 0 bridgehead atoms. The standard InChI is InChI=1S/C15H18FNO2/c1-10-7-8-13(19-10)12(17-2)9-11-5-4-6-14(18-3)15(11)16/h4-8,12,17H,9H2,1-3H3. The fourth-order valence-electron chi connectivity index (χ4n) is 2.08. The highest BCUT2D eigenvalue weighted by Crippen LogP contribution is 2.25. The number of nitrogens with one attached hydrogen (secondary N) is 1. The monoisotopic (exact) mass is 263 g/mol. The maximum absolute atomic E-state index is 14.1. The molecular formula is C15H18FNO2. The number of aryl methyl sites for hydroxylation is 1. The van der Waals surface area contributed by atoms with Crippen molar-refractivity contribution in [2.45, 2.75) is 19.4 Å². The molecule has 1 aromatic carbocycles. The van der Waals surface area contributed by atoms with Crippen LogP contribution in [0.1, 0.15) is 23.1 Å². The smallest absolute Gasteiger partial charge is 0.168 e. The van der Waals surface area contributed by atoms with Crippen molar-refractivity contribution in [3.8, 4) is 5.75 Å². The Hall–Kier alpha value is -1.81. The van der Waals surface area contributed by atoms with Crippen LogP contribution in [0, 0.1) is 12.7 Å². The Bertz CT molecular complexity index is 551. The molecule has 3 nitrogen and oxygen atoms in total. The second-order valence-electron chi connectivity index (χ2n) is 4.43. The van der Waals surface area contributed by atoms with Gasteiger partial charge in [0.15, 0.2) is 11.6 Å². The molecule has 1 N–H and O–H groups in total. The summed E-state index contributed by atoms with van der Waals surface area (Å²) in [7, 11) is 3.30. The maximum atomic E-state index is 14.1. The van der Waals surface area contributed by atoms with Crippen LogP contribution in [0.4, 0.5) is 4.39 Å². The number of hydrogen-bond acceptors (Lipinski definition) is 3. The zero-order valence-electron chi connectivity index (χ0n) is 11.4. The van der Waals surface area contributed by atoms with Crippen LogP contribution in [0.25, 0.3) is 0 Å². The molecule has 0 aliphatic heterocycles. The SMILES string of the molecule is CNC(Cc1cccc(OC)c1F)c1ccc(C)o1. The lowest BCUT2D eigenvalue weighted by Crippen LogP contribution is -2.18. The van der Waals surface area contributed by atoms with Gasteiger partial charge in [0.1, 0.15) is 11.5 Å². The van der Waals surface area contributed by atoms with E-state index in [0.717, 1.165) is 11.5 Å². The van der Waals surface area contributed by atoms with Crippen LogP contribution in [-0.2, 0) is 6.42 Å².